The molecule has 20 heavy (non-hydrogen) atoms. The number of ether oxygens (including phenoxy) is 1. The standard InChI is InChI=1S/C16H30N2O2/c1-4-6-11-18(5-2)14-9-10-16(12-14,15(19)20-3)17-13-7-8-13/h13-14,17H,4-12H2,1-3H3. The molecule has 0 aromatic rings. The molecule has 0 aromatic carbocycles. The zero-order chi connectivity index (χ0) is 14.6. The maximum atomic E-state index is 12.3. The molecule has 0 heterocycles. The Morgan fingerprint density at radius 2 is 2.10 bits per heavy atom. The number of nitrogens with zero attached hydrogens (tertiary/aromatic N) is 1. The molecule has 2 aliphatic carbocycles. The molecule has 0 aromatic heterocycles. The van der Waals surface area contributed by atoms with Crippen LogP contribution in [0.1, 0.15) is 58.8 Å². The lowest BCUT2D eigenvalue weighted by Gasteiger charge is -2.31. The number of nitrogens with one attached hydrogen (secondary N) is 1. The van der Waals surface area contributed by atoms with Crippen LogP contribution >= 0.6 is 0 Å². The van der Waals surface area contributed by atoms with E-state index in [1.54, 1.807) is 0 Å². The van der Waals surface area contributed by atoms with Crippen molar-refractivity contribution in [3.05, 3.63) is 0 Å². The summed E-state index contributed by atoms with van der Waals surface area (Å²) in [5.74, 6) is -0.0570. The quantitative estimate of drug-likeness (QED) is 0.694. The Kier molecular flexibility index (Phi) is 5.44. The van der Waals surface area contributed by atoms with Crippen LogP contribution in [0.25, 0.3) is 0 Å². The van der Waals surface area contributed by atoms with Crippen molar-refractivity contribution in [2.75, 3.05) is 20.2 Å². The summed E-state index contributed by atoms with van der Waals surface area (Å²) in [6.07, 6.45) is 7.81. The van der Waals surface area contributed by atoms with E-state index in [0.29, 0.717) is 12.1 Å². The van der Waals surface area contributed by atoms with E-state index in [9.17, 15) is 4.79 Å². The lowest BCUT2D eigenvalue weighted by Crippen LogP contribution is -2.53. The first kappa shape index (κ1) is 15.8. The summed E-state index contributed by atoms with van der Waals surface area (Å²) in [4.78, 5) is 14.8. The predicted octanol–water partition coefficient (Wildman–Crippen LogP) is 2.32. The second-order valence-electron chi connectivity index (χ2n) is 6.37. The molecule has 0 bridgehead atoms. The number of unbranched alkanes of at least 4 members (excludes halogenated alkanes) is 1. The Morgan fingerprint density at radius 1 is 1.35 bits per heavy atom. The van der Waals surface area contributed by atoms with Crippen molar-refractivity contribution in [3.63, 3.8) is 0 Å². The van der Waals surface area contributed by atoms with Crippen LogP contribution in [-0.4, -0.2) is 48.7 Å². The molecule has 2 rings (SSSR count). The van der Waals surface area contributed by atoms with Crippen LogP contribution in [0.4, 0.5) is 0 Å². The minimum Gasteiger partial charge on any atom is -0.468 e. The Morgan fingerprint density at radius 3 is 2.65 bits per heavy atom. The Balaban J connectivity index is 1.99. The van der Waals surface area contributed by atoms with E-state index in [0.717, 1.165) is 32.4 Å². The van der Waals surface area contributed by atoms with Crippen LogP contribution in [0, 0.1) is 0 Å². The first-order valence-electron chi connectivity index (χ1n) is 8.25. The molecule has 116 valence electrons. The van der Waals surface area contributed by atoms with E-state index < -0.39 is 5.54 Å². The number of carbonyl (C=O) groups excluding carboxylic acids is 1. The largest absolute Gasteiger partial charge is 0.468 e. The first-order valence-corrected chi connectivity index (χ1v) is 8.25. The van der Waals surface area contributed by atoms with Crippen LogP contribution < -0.4 is 5.32 Å². The minimum atomic E-state index is -0.416. The summed E-state index contributed by atoms with van der Waals surface area (Å²) < 4.78 is 5.09. The summed E-state index contributed by atoms with van der Waals surface area (Å²) in [6, 6.07) is 1.07. The molecular formula is C16H30N2O2. The van der Waals surface area contributed by atoms with Crippen molar-refractivity contribution in [3.8, 4) is 0 Å². The average molecular weight is 282 g/mol. The molecule has 4 nitrogen and oxygen atoms in total. The van der Waals surface area contributed by atoms with Gasteiger partial charge in [-0.1, -0.05) is 20.3 Å². The SMILES string of the molecule is CCCCN(CC)C1CCC(NC2CC2)(C(=O)OC)C1. The van der Waals surface area contributed by atoms with Gasteiger partial charge in [0, 0.05) is 12.1 Å². The zero-order valence-corrected chi connectivity index (χ0v) is 13.3. The highest BCUT2D eigenvalue weighted by Crippen LogP contribution is 2.37. The van der Waals surface area contributed by atoms with Crippen LogP contribution in [0.5, 0.6) is 0 Å². The normalized spacial score (nSPS) is 29.9. The summed E-state index contributed by atoms with van der Waals surface area (Å²) in [6.45, 7) is 6.68. The van der Waals surface area contributed by atoms with E-state index in [2.05, 4.69) is 24.1 Å². The van der Waals surface area contributed by atoms with Crippen molar-refractivity contribution in [1.82, 2.24) is 10.2 Å². The predicted molar refractivity (Wildman–Crippen MR) is 80.7 cm³/mol. The van der Waals surface area contributed by atoms with E-state index >= 15 is 0 Å². The van der Waals surface area contributed by atoms with Crippen molar-refractivity contribution >= 4 is 5.97 Å². The van der Waals surface area contributed by atoms with Crippen molar-refractivity contribution in [1.29, 1.82) is 0 Å². The van der Waals surface area contributed by atoms with Crippen molar-refractivity contribution < 1.29 is 9.53 Å². The lowest BCUT2D eigenvalue weighted by atomic mass is 9.96. The maximum Gasteiger partial charge on any atom is 0.326 e. The molecule has 2 unspecified atom stereocenters. The Bertz CT molecular complexity index is 330. The van der Waals surface area contributed by atoms with Crippen LogP contribution in [-0.2, 0) is 9.53 Å². The van der Waals surface area contributed by atoms with Crippen molar-refractivity contribution in [2.24, 2.45) is 0 Å². The molecule has 0 amide bonds. The summed E-state index contributed by atoms with van der Waals surface area (Å²) >= 11 is 0. The smallest absolute Gasteiger partial charge is 0.326 e. The first-order chi connectivity index (χ1) is 9.65. The number of esters is 1. The average Bonchev–Trinajstić information content (AvgIpc) is 3.17. The van der Waals surface area contributed by atoms with E-state index in [4.69, 9.17) is 4.74 Å². The van der Waals surface area contributed by atoms with Gasteiger partial charge in [0.2, 0.25) is 0 Å². The Hall–Kier alpha value is -0.610. The van der Waals surface area contributed by atoms with E-state index in [1.807, 2.05) is 0 Å². The van der Waals surface area contributed by atoms with Gasteiger partial charge in [-0.15, -0.1) is 0 Å². The third kappa shape index (κ3) is 3.53. The fourth-order valence-corrected chi connectivity index (χ4v) is 3.48. The maximum absolute atomic E-state index is 12.3. The Labute approximate surface area is 123 Å². The molecule has 0 saturated heterocycles. The van der Waals surface area contributed by atoms with Gasteiger partial charge in [0.1, 0.15) is 5.54 Å². The molecule has 0 aliphatic heterocycles. The summed E-state index contributed by atoms with van der Waals surface area (Å²) in [5, 5.41) is 3.58. The summed E-state index contributed by atoms with van der Waals surface area (Å²) in [7, 11) is 1.51. The van der Waals surface area contributed by atoms with Crippen molar-refractivity contribution in [2.45, 2.75) is 76.4 Å². The number of rotatable bonds is 8. The molecular weight excluding hydrogens is 252 g/mol. The van der Waals surface area contributed by atoms with Crippen LogP contribution in [0.15, 0.2) is 0 Å². The van der Waals surface area contributed by atoms with Crippen LogP contribution in [0.3, 0.4) is 0 Å². The topological polar surface area (TPSA) is 41.6 Å². The molecule has 1 N–H and O–H groups in total. The third-order valence-electron chi connectivity index (χ3n) is 4.84. The number of carbonyl (C=O) groups is 1. The number of methoxy groups -OCH3 is 1. The molecule has 2 fully saturated rings. The van der Waals surface area contributed by atoms with Gasteiger partial charge < -0.3 is 9.64 Å². The van der Waals surface area contributed by atoms with Gasteiger partial charge in [0.15, 0.2) is 0 Å². The van der Waals surface area contributed by atoms with Gasteiger partial charge in [-0.25, -0.2) is 0 Å². The number of hydrogen-bond donors (Lipinski definition) is 1. The molecule has 2 aliphatic rings. The van der Waals surface area contributed by atoms with Gasteiger partial charge >= 0.3 is 5.97 Å². The minimum absolute atomic E-state index is 0.0570. The lowest BCUT2D eigenvalue weighted by molar-refractivity contribution is -0.148. The zero-order valence-electron chi connectivity index (χ0n) is 13.3. The highest BCUT2D eigenvalue weighted by atomic mass is 16.5. The van der Waals surface area contributed by atoms with Gasteiger partial charge in [0.25, 0.3) is 0 Å². The fourth-order valence-electron chi connectivity index (χ4n) is 3.48. The monoisotopic (exact) mass is 282 g/mol. The van der Waals surface area contributed by atoms with E-state index in [-0.39, 0.29) is 5.97 Å². The van der Waals surface area contributed by atoms with Gasteiger partial charge in [-0.3, -0.25) is 10.1 Å². The molecule has 0 radical (unpaired) electrons. The molecule has 2 atom stereocenters. The van der Waals surface area contributed by atoms with Gasteiger partial charge in [-0.2, -0.15) is 0 Å². The fraction of sp³-hybridized carbons (Fsp3) is 0.938. The van der Waals surface area contributed by atoms with Gasteiger partial charge in [0.05, 0.1) is 7.11 Å². The highest BCUT2D eigenvalue weighted by molar-refractivity contribution is 5.81. The second-order valence-corrected chi connectivity index (χ2v) is 6.37. The second kappa shape index (κ2) is 6.90. The molecule has 0 spiro atoms. The highest BCUT2D eigenvalue weighted by Gasteiger charge is 2.49. The third-order valence-corrected chi connectivity index (χ3v) is 4.84. The van der Waals surface area contributed by atoms with E-state index in [1.165, 1.54) is 32.8 Å². The molecule has 2 saturated carbocycles. The summed E-state index contributed by atoms with van der Waals surface area (Å²) in [5.41, 5.74) is -0.416. The van der Waals surface area contributed by atoms with Gasteiger partial charge in [-0.05, 0) is 51.6 Å². The number of hydrogen-bond acceptors (Lipinski definition) is 4. The van der Waals surface area contributed by atoms with Crippen LogP contribution in [0.2, 0.25) is 0 Å². The molecule has 4 heteroatoms.